The van der Waals surface area contributed by atoms with Crippen molar-refractivity contribution in [3.8, 4) is 22.7 Å². The van der Waals surface area contributed by atoms with Gasteiger partial charge in [0.1, 0.15) is 5.56 Å². The highest BCUT2D eigenvalue weighted by molar-refractivity contribution is 5.74. The van der Waals surface area contributed by atoms with Crippen LogP contribution in [0.2, 0.25) is 0 Å². The molecule has 0 unspecified atom stereocenters. The molecule has 0 spiro atoms. The molecule has 4 aromatic rings. The Hall–Kier alpha value is -3.37. The zero-order chi connectivity index (χ0) is 18.5. The molecule has 132 valence electrons. The zero-order valence-electron chi connectivity index (χ0n) is 12.5. The fraction of sp³-hybridized carbons (Fsp3) is 0.0667. The average Bonchev–Trinajstić information content (AvgIpc) is 3.24. The first kappa shape index (κ1) is 16.1. The van der Waals surface area contributed by atoms with E-state index >= 15 is 0 Å². The van der Waals surface area contributed by atoms with Gasteiger partial charge in [-0.05, 0) is 24.3 Å². The number of aromatic nitrogens is 5. The second kappa shape index (κ2) is 5.58. The fourth-order valence-electron chi connectivity index (χ4n) is 2.41. The smallest absolute Gasteiger partial charge is 0.334 e. The minimum Gasteiger partial charge on any atom is -0.334 e. The second-order valence-corrected chi connectivity index (χ2v) is 5.19. The third kappa shape index (κ3) is 2.57. The minimum absolute atomic E-state index is 0.0328. The highest BCUT2D eigenvalue weighted by Gasteiger charge is 2.36. The Morgan fingerprint density at radius 3 is 2.50 bits per heavy atom. The van der Waals surface area contributed by atoms with E-state index in [4.69, 9.17) is 4.52 Å². The quantitative estimate of drug-likeness (QED) is 0.505. The molecule has 0 radical (unpaired) electrons. The normalized spacial score (nSPS) is 12.0. The van der Waals surface area contributed by atoms with E-state index in [1.807, 2.05) is 0 Å². The molecule has 0 aliphatic carbocycles. The topological polar surface area (TPSA) is 69.1 Å². The van der Waals surface area contributed by atoms with Crippen LogP contribution in [-0.2, 0) is 6.18 Å². The molecule has 0 saturated carbocycles. The lowest BCUT2D eigenvalue weighted by Gasteiger charge is -2.11. The molecule has 11 heteroatoms. The third-order valence-electron chi connectivity index (χ3n) is 3.57. The predicted octanol–water partition coefficient (Wildman–Crippen LogP) is 3.74. The molecule has 0 N–H and O–H groups in total. The molecule has 0 atom stereocenters. The van der Waals surface area contributed by atoms with Gasteiger partial charge < -0.3 is 4.52 Å². The highest BCUT2D eigenvalue weighted by Crippen LogP contribution is 2.34. The van der Waals surface area contributed by atoms with Crippen LogP contribution in [0, 0.1) is 11.6 Å². The number of alkyl halides is 3. The molecule has 4 rings (SSSR count). The van der Waals surface area contributed by atoms with Gasteiger partial charge in [0.05, 0.1) is 11.9 Å². The average molecular weight is 367 g/mol. The SMILES string of the molecule is Fc1ccc(-c2cc(C(F)(F)F)n3ncc(-c4ncno4)c3n2)cc1F. The van der Waals surface area contributed by atoms with E-state index in [0.29, 0.717) is 10.6 Å². The fourth-order valence-corrected chi connectivity index (χ4v) is 2.41. The maximum Gasteiger partial charge on any atom is 0.433 e. The number of rotatable bonds is 2. The number of hydrogen-bond donors (Lipinski definition) is 0. The predicted molar refractivity (Wildman–Crippen MR) is 76.6 cm³/mol. The van der Waals surface area contributed by atoms with Crippen LogP contribution in [0.5, 0.6) is 0 Å². The summed E-state index contributed by atoms with van der Waals surface area (Å²) < 4.78 is 72.3. The van der Waals surface area contributed by atoms with Crippen molar-refractivity contribution in [1.29, 1.82) is 0 Å². The van der Waals surface area contributed by atoms with Crippen molar-refractivity contribution >= 4 is 5.65 Å². The van der Waals surface area contributed by atoms with E-state index in [2.05, 4.69) is 20.2 Å². The van der Waals surface area contributed by atoms with E-state index in [1.165, 1.54) is 0 Å². The standard InChI is InChI=1S/C15H6F5N5O/c16-9-2-1-7(3-10(9)17)11-4-12(15(18,19)20)25-13(24-11)8(5-22-25)14-21-6-23-26-14/h1-6H. The molecule has 26 heavy (non-hydrogen) atoms. The van der Waals surface area contributed by atoms with Crippen LogP contribution in [-0.4, -0.2) is 24.7 Å². The zero-order valence-corrected chi connectivity index (χ0v) is 12.5. The van der Waals surface area contributed by atoms with Crippen molar-refractivity contribution in [2.24, 2.45) is 0 Å². The molecular formula is C15H6F5N5O. The molecule has 1 aromatic carbocycles. The number of halogens is 5. The number of nitrogens with zero attached hydrogens (tertiary/aromatic N) is 5. The van der Waals surface area contributed by atoms with Crippen LogP contribution in [0.1, 0.15) is 5.69 Å². The van der Waals surface area contributed by atoms with Crippen LogP contribution in [0.15, 0.2) is 41.3 Å². The van der Waals surface area contributed by atoms with Gasteiger partial charge in [-0.15, -0.1) is 0 Å². The van der Waals surface area contributed by atoms with E-state index in [0.717, 1.165) is 30.7 Å². The Labute approximate surface area is 140 Å². The van der Waals surface area contributed by atoms with Gasteiger partial charge in [-0.1, -0.05) is 5.16 Å². The molecular weight excluding hydrogens is 361 g/mol. The van der Waals surface area contributed by atoms with Crippen LogP contribution < -0.4 is 0 Å². The van der Waals surface area contributed by atoms with E-state index < -0.39 is 23.5 Å². The van der Waals surface area contributed by atoms with E-state index in [-0.39, 0.29) is 28.4 Å². The van der Waals surface area contributed by atoms with Gasteiger partial charge in [-0.3, -0.25) is 0 Å². The summed E-state index contributed by atoms with van der Waals surface area (Å²) in [5.41, 5.74) is -1.55. The highest BCUT2D eigenvalue weighted by atomic mass is 19.4. The van der Waals surface area contributed by atoms with Crippen LogP contribution in [0.4, 0.5) is 22.0 Å². The lowest BCUT2D eigenvalue weighted by atomic mass is 10.1. The lowest BCUT2D eigenvalue weighted by molar-refractivity contribution is -0.142. The van der Waals surface area contributed by atoms with E-state index in [9.17, 15) is 22.0 Å². The Balaban J connectivity index is 2.02. The molecule has 0 saturated heterocycles. The molecule has 6 nitrogen and oxygen atoms in total. The molecule has 0 aliphatic rings. The molecule has 0 aliphatic heterocycles. The Morgan fingerprint density at radius 1 is 1.04 bits per heavy atom. The van der Waals surface area contributed by atoms with Crippen molar-refractivity contribution in [3.63, 3.8) is 0 Å². The molecule has 0 bridgehead atoms. The number of hydrogen-bond acceptors (Lipinski definition) is 5. The molecule has 3 heterocycles. The minimum atomic E-state index is -4.77. The number of fused-ring (bicyclic) bond motifs is 1. The van der Waals surface area contributed by atoms with Crippen molar-refractivity contribution in [1.82, 2.24) is 24.7 Å². The summed E-state index contributed by atoms with van der Waals surface area (Å²) in [5.74, 6) is -2.41. The summed E-state index contributed by atoms with van der Waals surface area (Å²) in [6.45, 7) is 0. The van der Waals surface area contributed by atoms with Crippen molar-refractivity contribution in [3.05, 3.63) is 54.1 Å². The third-order valence-corrected chi connectivity index (χ3v) is 3.57. The summed E-state index contributed by atoms with van der Waals surface area (Å²) in [4.78, 5) is 7.86. The summed E-state index contributed by atoms with van der Waals surface area (Å²) >= 11 is 0. The molecule has 0 fully saturated rings. The van der Waals surface area contributed by atoms with Crippen molar-refractivity contribution in [2.75, 3.05) is 0 Å². The van der Waals surface area contributed by atoms with Gasteiger partial charge in [0.2, 0.25) is 0 Å². The van der Waals surface area contributed by atoms with Gasteiger partial charge in [0, 0.05) is 5.56 Å². The van der Waals surface area contributed by atoms with Gasteiger partial charge >= 0.3 is 6.18 Å². The van der Waals surface area contributed by atoms with Crippen molar-refractivity contribution < 1.29 is 26.5 Å². The van der Waals surface area contributed by atoms with Crippen molar-refractivity contribution in [2.45, 2.75) is 6.18 Å². The second-order valence-electron chi connectivity index (χ2n) is 5.19. The first-order valence-electron chi connectivity index (χ1n) is 7.03. The van der Waals surface area contributed by atoms with Crippen LogP contribution in [0.3, 0.4) is 0 Å². The number of benzene rings is 1. The summed E-state index contributed by atoms with van der Waals surface area (Å²) in [5, 5.41) is 7.07. The first-order chi connectivity index (χ1) is 12.3. The van der Waals surface area contributed by atoms with Gasteiger partial charge in [-0.25, -0.2) is 18.3 Å². The van der Waals surface area contributed by atoms with Crippen LogP contribution >= 0.6 is 0 Å². The van der Waals surface area contributed by atoms with Gasteiger partial charge in [0.25, 0.3) is 5.89 Å². The summed E-state index contributed by atoms with van der Waals surface area (Å²) in [6.07, 6.45) is -2.60. The summed E-state index contributed by atoms with van der Waals surface area (Å²) in [6, 6.07) is 3.39. The molecule has 3 aromatic heterocycles. The first-order valence-corrected chi connectivity index (χ1v) is 7.03. The van der Waals surface area contributed by atoms with Crippen LogP contribution in [0.25, 0.3) is 28.4 Å². The monoisotopic (exact) mass is 367 g/mol. The largest absolute Gasteiger partial charge is 0.433 e. The maximum atomic E-state index is 13.5. The van der Waals surface area contributed by atoms with Gasteiger partial charge in [-0.2, -0.15) is 23.3 Å². The Bertz CT molecular complexity index is 1100. The lowest BCUT2D eigenvalue weighted by Crippen LogP contribution is -2.13. The Morgan fingerprint density at radius 2 is 1.85 bits per heavy atom. The van der Waals surface area contributed by atoms with Gasteiger partial charge in [0.15, 0.2) is 29.3 Å². The summed E-state index contributed by atoms with van der Waals surface area (Å²) in [7, 11) is 0. The van der Waals surface area contributed by atoms with E-state index in [1.54, 1.807) is 0 Å². The molecule has 0 amide bonds. The Kier molecular flexibility index (Phi) is 3.46. The maximum absolute atomic E-state index is 13.5.